The Morgan fingerprint density at radius 3 is 1.21 bits per heavy atom. The van der Waals surface area contributed by atoms with Crippen LogP contribution >= 0.6 is 22.7 Å². The Kier molecular flexibility index (Phi) is 5.68. The van der Waals surface area contributed by atoms with Crippen LogP contribution in [-0.2, 0) is 19.2 Å². The first kappa shape index (κ1) is 25.7. The summed E-state index contributed by atoms with van der Waals surface area (Å²) in [4.78, 5) is 61.5. The average Bonchev–Trinajstić information content (AvgIpc) is 3.81. The molecule has 0 N–H and O–H groups in total. The number of nitrogens with zero attached hydrogens (tertiary/aromatic N) is 4. The number of hydrogen-bond donors (Lipinski definition) is 0. The molecule has 4 aromatic rings. The molecule has 0 aliphatic carbocycles. The average molecular weight is 595 g/mol. The van der Waals surface area contributed by atoms with E-state index in [1.807, 2.05) is 83.2 Å². The smallest absolute Gasteiger partial charge is 0.253 e. The van der Waals surface area contributed by atoms with Gasteiger partial charge in [-0.05, 0) is 61.0 Å². The molecule has 210 valence electrons. The van der Waals surface area contributed by atoms with Gasteiger partial charge in [-0.3, -0.25) is 19.2 Å². The molecule has 4 fully saturated rings. The number of anilines is 2. The summed E-state index contributed by atoms with van der Waals surface area (Å²) >= 11 is 2.99. The van der Waals surface area contributed by atoms with E-state index in [1.165, 1.54) is 32.5 Å². The summed E-state index contributed by atoms with van der Waals surface area (Å²) in [5.41, 5.74) is 3.12. The highest BCUT2D eigenvalue weighted by Gasteiger charge is 2.74. The maximum absolute atomic E-state index is 14.3. The van der Waals surface area contributed by atoms with Gasteiger partial charge in [-0.15, -0.1) is 22.7 Å². The summed E-state index contributed by atoms with van der Waals surface area (Å²) < 4.78 is 0. The largest absolute Gasteiger partial charge is 0.274 e. The van der Waals surface area contributed by atoms with E-state index in [1.54, 1.807) is 24.3 Å². The van der Waals surface area contributed by atoms with E-state index in [2.05, 4.69) is 0 Å². The fourth-order valence-electron chi connectivity index (χ4n) is 7.21. The van der Waals surface area contributed by atoms with Gasteiger partial charge in [0.25, 0.3) is 11.8 Å². The number of carbonyl (C=O) groups is 4. The minimum Gasteiger partial charge on any atom is -0.274 e. The standard InChI is InChI=1S/C32H26N4O4S2/c1-17-7-11-19(12-8-17)33-29(37)23-25(21-5-3-15-41-21)36-28-24(26(22-6-4-16-42-22)35(36)27(23)31(33)39)30(38)34(32(28)40)20-13-9-18(2)10-14-20/h3-16,23-28H,1-2H3/t23-,24+,25-,26-,27-,28+/m0/s1. The molecule has 0 unspecified atom stereocenters. The Balaban J connectivity index is 1.30. The number of carbonyl (C=O) groups excluding carboxylic acids is 4. The molecule has 4 aliphatic rings. The Labute approximate surface area is 250 Å². The van der Waals surface area contributed by atoms with E-state index < -0.39 is 36.0 Å². The molecule has 0 spiro atoms. The predicted molar refractivity (Wildman–Crippen MR) is 160 cm³/mol. The number of hydrogen-bond acceptors (Lipinski definition) is 8. The highest BCUT2D eigenvalue weighted by atomic mass is 32.1. The Morgan fingerprint density at radius 1 is 0.500 bits per heavy atom. The molecule has 8 rings (SSSR count). The first-order chi connectivity index (χ1) is 20.4. The molecule has 4 saturated heterocycles. The topological polar surface area (TPSA) is 81.2 Å². The van der Waals surface area contributed by atoms with Crippen molar-refractivity contribution in [3.05, 3.63) is 104 Å². The third-order valence-corrected chi connectivity index (χ3v) is 10.9. The zero-order valence-electron chi connectivity index (χ0n) is 22.8. The van der Waals surface area contributed by atoms with Crippen molar-refractivity contribution in [1.29, 1.82) is 0 Å². The lowest BCUT2D eigenvalue weighted by Crippen LogP contribution is -2.50. The molecule has 4 amide bonds. The first-order valence-corrected chi connectivity index (χ1v) is 15.6. The highest BCUT2D eigenvalue weighted by molar-refractivity contribution is 7.10. The van der Waals surface area contributed by atoms with E-state index in [0.717, 1.165) is 20.9 Å². The van der Waals surface area contributed by atoms with Crippen molar-refractivity contribution in [2.24, 2.45) is 11.8 Å². The molecule has 0 saturated carbocycles. The van der Waals surface area contributed by atoms with Gasteiger partial charge < -0.3 is 0 Å². The fourth-order valence-corrected chi connectivity index (χ4v) is 8.94. The van der Waals surface area contributed by atoms with E-state index in [9.17, 15) is 19.2 Å². The number of hydrazine groups is 1. The number of imide groups is 2. The molecule has 6 atom stereocenters. The van der Waals surface area contributed by atoms with Crippen molar-refractivity contribution in [2.45, 2.75) is 38.0 Å². The molecular formula is C32H26N4O4S2. The quantitative estimate of drug-likeness (QED) is 0.314. The maximum atomic E-state index is 14.3. The molecule has 4 aliphatic heterocycles. The summed E-state index contributed by atoms with van der Waals surface area (Å²) in [5.74, 6) is -2.66. The molecule has 6 heterocycles. The lowest BCUT2D eigenvalue weighted by atomic mass is 9.88. The van der Waals surface area contributed by atoms with Crippen molar-refractivity contribution in [3.63, 3.8) is 0 Å². The minimum absolute atomic E-state index is 0.282. The van der Waals surface area contributed by atoms with Gasteiger partial charge >= 0.3 is 0 Å². The molecule has 8 nitrogen and oxygen atoms in total. The van der Waals surface area contributed by atoms with Crippen LogP contribution in [0.2, 0.25) is 0 Å². The molecule has 2 aromatic carbocycles. The molecule has 2 aromatic heterocycles. The monoisotopic (exact) mass is 594 g/mol. The van der Waals surface area contributed by atoms with Crippen LogP contribution in [0.3, 0.4) is 0 Å². The zero-order chi connectivity index (χ0) is 28.9. The fraction of sp³-hybridized carbons (Fsp3) is 0.250. The van der Waals surface area contributed by atoms with E-state index in [4.69, 9.17) is 0 Å². The van der Waals surface area contributed by atoms with Gasteiger partial charge in [0.1, 0.15) is 12.1 Å². The van der Waals surface area contributed by atoms with Crippen LogP contribution in [0.15, 0.2) is 83.6 Å². The molecule has 42 heavy (non-hydrogen) atoms. The zero-order valence-corrected chi connectivity index (χ0v) is 24.4. The van der Waals surface area contributed by atoms with Crippen LogP contribution < -0.4 is 9.80 Å². The van der Waals surface area contributed by atoms with Crippen LogP contribution in [0.25, 0.3) is 0 Å². The third kappa shape index (κ3) is 3.40. The second kappa shape index (κ2) is 9.27. The Morgan fingerprint density at radius 2 is 0.881 bits per heavy atom. The van der Waals surface area contributed by atoms with Crippen LogP contribution in [0.1, 0.15) is 33.0 Å². The Hall–Kier alpha value is -3.96. The number of benzene rings is 2. The third-order valence-electron chi connectivity index (χ3n) is 8.98. The van der Waals surface area contributed by atoms with Crippen molar-refractivity contribution in [3.8, 4) is 0 Å². The Bertz CT molecular complexity index is 1610. The summed E-state index contributed by atoms with van der Waals surface area (Å²) in [6.45, 7) is 3.92. The highest BCUT2D eigenvalue weighted by Crippen LogP contribution is 2.60. The summed E-state index contributed by atoms with van der Waals surface area (Å²) in [6.07, 6.45) is 0. The minimum atomic E-state index is -0.836. The van der Waals surface area contributed by atoms with Gasteiger partial charge in [0.15, 0.2) is 0 Å². The van der Waals surface area contributed by atoms with Gasteiger partial charge in [0.2, 0.25) is 11.8 Å². The lowest BCUT2D eigenvalue weighted by Gasteiger charge is -2.35. The molecule has 0 radical (unpaired) electrons. The van der Waals surface area contributed by atoms with E-state index in [0.29, 0.717) is 11.4 Å². The second-order valence-corrected chi connectivity index (χ2v) is 13.3. The molecular weight excluding hydrogens is 569 g/mol. The van der Waals surface area contributed by atoms with Crippen molar-refractivity contribution in [1.82, 2.24) is 10.0 Å². The van der Waals surface area contributed by atoms with E-state index >= 15 is 0 Å². The summed E-state index contributed by atoms with van der Waals surface area (Å²) in [6, 6.07) is 19.7. The van der Waals surface area contributed by atoms with E-state index in [-0.39, 0.29) is 23.6 Å². The SMILES string of the molecule is Cc1ccc(N2C(=O)[C@@H]3[C@@H](C2=O)N2[C@@H](c4cccs4)[C@H]4C(=O)N(c5ccc(C)cc5)C(=O)[C@@H]4N2[C@H]3c2cccs2)cc1. The number of amides is 4. The van der Waals surface area contributed by atoms with Crippen LogP contribution in [-0.4, -0.2) is 45.7 Å². The molecule has 0 bridgehead atoms. The predicted octanol–water partition coefficient (Wildman–Crippen LogP) is 4.87. The normalized spacial score (nSPS) is 29.1. The van der Waals surface area contributed by atoms with Gasteiger partial charge in [0.05, 0.1) is 35.3 Å². The number of fused-ring (bicyclic) bond motifs is 5. The maximum Gasteiger partial charge on any atom is 0.253 e. The van der Waals surface area contributed by atoms with Gasteiger partial charge in [-0.1, -0.05) is 47.5 Å². The van der Waals surface area contributed by atoms with Crippen LogP contribution in [0, 0.1) is 25.7 Å². The van der Waals surface area contributed by atoms with Gasteiger partial charge in [-0.2, -0.15) is 0 Å². The lowest BCUT2D eigenvalue weighted by molar-refractivity contribution is -0.135. The van der Waals surface area contributed by atoms with Crippen molar-refractivity contribution >= 4 is 57.7 Å². The molecule has 10 heteroatoms. The second-order valence-electron chi connectivity index (χ2n) is 11.3. The van der Waals surface area contributed by atoms with Gasteiger partial charge in [-0.25, -0.2) is 19.8 Å². The van der Waals surface area contributed by atoms with Crippen molar-refractivity contribution < 1.29 is 19.2 Å². The number of thiophene rings is 2. The summed E-state index contributed by atoms with van der Waals surface area (Å²) in [7, 11) is 0. The number of aryl methyl sites for hydroxylation is 2. The van der Waals surface area contributed by atoms with Gasteiger partial charge in [0, 0.05) is 9.75 Å². The summed E-state index contributed by atoms with van der Waals surface area (Å²) in [5, 5.41) is 7.73. The number of rotatable bonds is 4. The van der Waals surface area contributed by atoms with Crippen LogP contribution in [0.4, 0.5) is 11.4 Å². The van der Waals surface area contributed by atoms with Crippen LogP contribution in [0.5, 0.6) is 0 Å². The first-order valence-electron chi connectivity index (χ1n) is 13.9. The van der Waals surface area contributed by atoms with Crippen molar-refractivity contribution in [2.75, 3.05) is 9.80 Å².